The van der Waals surface area contributed by atoms with Crippen molar-refractivity contribution in [2.75, 3.05) is 31.1 Å². The van der Waals surface area contributed by atoms with E-state index in [0.29, 0.717) is 11.5 Å². The normalized spacial score (nSPS) is 25.5. The Morgan fingerprint density at radius 2 is 1.64 bits per heavy atom. The van der Waals surface area contributed by atoms with Gasteiger partial charge in [0.15, 0.2) is 0 Å². The third kappa shape index (κ3) is 3.46. The minimum Gasteiger partial charge on any atom is -0.388 e. The molecule has 1 aromatic carbocycles. The van der Waals surface area contributed by atoms with Gasteiger partial charge in [-0.1, -0.05) is 18.2 Å². The second kappa shape index (κ2) is 6.59. The van der Waals surface area contributed by atoms with E-state index in [1.165, 1.54) is 50.0 Å². The van der Waals surface area contributed by atoms with Crippen LogP contribution in [0.2, 0.25) is 0 Å². The molecule has 1 saturated carbocycles. The number of fused-ring (bicyclic) bond motifs is 1. The highest BCUT2D eigenvalue weighted by Gasteiger charge is 2.44. The number of nitrogens with zero attached hydrogens (tertiary/aromatic N) is 2. The van der Waals surface area contributed by atoms with Crippen molar-refractivity contribution in [3.8, 4) is 0 Å². The van der Waals surface area contributed by atoms with Crippen LogP contribution in [-0.2, 0) is 6.42 Å². The van der Waals surface area contributed by atoms with E-state index in [9.17, 15) is 5.11 Å². The number of hydrogen-bond acceptors (Lipinski definition) is 3. The zero-order chi connectivity index (χ0) is 17.5. The topological polar surface area (TPSA) is 26.7 Å². The van der Waals surface area contributed by atoms with E-state index in [1.807, 2.05) is 0 Å². The highest BCUT2D eigenvalue weighted by Crippen LogP contribution is 2.48. The molecule has 2 aliphatic heterocycles. The highest BCUT2D eigenvalue weighted by atomic mass is 16.3. The van der Waals surface area contributed by atoms with Crippen LogP contribution in [0, 0.1) is 5.41 Å². The molecule has 1 aromatic rings. The van der Waals surface area contributed by atoms with E-state index in [4.69, 9.17) is 0 Å². The summed E-state index contributed by atoms with van der Waals surface area (Å²) in [6.45, 7) is 9.00. The predicted molar refractivity (Wildman–Crippen MR) is 104 cm³/mol. The molecule has 0 amide bonds. The van der Waals surface area contributed by atoms with E-state index in [0.717, 1.165) is 32.4 Å². The molecule has 0 atom stereocenters. The lowest BCUT2D eigenvalue weighted by molar-refractivity contribution is -0.0490. The van der Waals surface area contributed by atoms with Crippen LogP contribution in [0.4, 0.5) is 5.69 Å². The number of aliphatic hydroxyl groups is 1. The molecule has 2 heterocycles. The van der Waals surface area contributed by atoms with Gasteiger partial charge in [0.25, 0.3) is 0 Å². The smallest absolute Gasteiger partial charge is 0.0822 e. The van der Waals surface area contributed by atoms with Crippen molar-refractivity contribution in [1.29, 1.82) is 0 Å². The third-order valence-electron chi connectivity index (χ3n) is 7.30. The highest BCUT2D eigenvalue weighted by molar-refractivity contribution is 5.58. The quantitative estimate of drug-likeness (QED) is 0.904. The lowest BCUT2D eigenvalue weighted by Crippen LogP contribution is -2.50. The predicted octanol–water partition coefficient (Wildman–Crippen LogP) is 3.84. The van der Waals surface area contributed by atoms with Crippen molar-refractivity contribution in [1.82, 2.24) is 4.90 Å². The number of para-hydroxylation sites is 1. The Hall–Kier alpha value is -1.06. The zero-order valence-electron chi connectivity index (χ0n) is 16.0. The third-order valence-corrected chi connectivity index (χ3v) is 7.30. The number of anilines is 1. The van der Waals surface area contributed by atoms with Gasteiger partial charge in [0.2, 0.25) is 0 Å². The van der Waals surface area contributed by atoms with E-state index < -0.39 is 5.60 Å². The molecule has 0 unspecified atom stereocenters. The van der Waals surface area contributed by atoms with E-state index >= 15 is 0 Å². The average Bonchev–Trinajstić information content (AvgIpc) is 3.01. The molecule has 1 N–H and O–H groups in total. The van der Waals surface area contributed by atoms with Crippen LogP contribution in [0.15, 0.2) is 24.3 Å². The zero-order valence-corrected chi connectivity index (χ0v) is 16.0. The largest absolute Gasteiger partial charge is 0.388 e. The van der Waals surface area contributed by atoms with Crippen LogP contribution in [0.25, 0.3) is 0 Å². The molecular formula is C22H34N2O. The summed E-state index contributed by atoms with van der Waals surface area (Å²) in [5.74, 6) is 0. The van der Waals surface area contributed by atoms with Gasteiger partial charge in [0.1, 0.15) is 0 Å². The first-order valence-electron chi connectivity index (χ1n) is 10.3. The Bertz CT molecular complexity index is 594. The first-order chi connectivity index (χ1) is 12.0. The molecule has 3 aliphatic rings. The SMILES string of the molecule is CC(C)N1CCC2(CC1)CCC(O)(CN1CCc3ccccc31)CC2. The first-order valence-corrected chi connectivity index (χ1v) is 10.3. The van der Waals surface area contributed by atoms with Gasteiger partial charge in [-0.2, -0.15) is 0 Å². The summed E-state index contributed by atoms with van der Waals surface area (Å²) < 4.78 is 0. The average molecular weight is 343 g/mol. The van der Waals surface area contributed by atoms with Gasteiger partial charge in [0.05, 0.1) is 5.60 Å². The van der Waals surface area contributed by atoms with Crippen molar-refractivity contribution in [3.05, 3.63) is 29.8 Å². The summed E-state index contributed by atoms with van der Waals surface area (Å²) in [7, 11) is 0. The fraction of sp³-hybridized carbons (Fsp3) is 0.727. The van der Waals surface area contributed by atoms with Gasteiger partial charge in [-0.25, -0.2) is 0 Å². The van der Waals surface area contributed by atoms with Crippen LogP contribution in [0.3, 0.4) is 0 Å². The van der Waals surface area contributed by atoms with Crippen LogP contribution in [-0.4, -0.2) is 47.8 Å². The minimum atomic E-state index is -0.488. The molecule has 138 valence electrons. The maximum atomic E-state index is 11.3. The van der Waals surface area contributed by atoms with Gasteiger partial charge in [-0.3, -0.25) is 0 Å². The number of likely N-dealkylation sites (tertiary alicyclic amines) is 1. The van der Waals surface area contributed by atoms with Gasteiger partial charge in [-0.05, 0) is 88.9 Å². The van der Waals surface area contributed by atoms with Gasteiger partial charge >= 0.3 is 0 Å². The number of hydrogen-bond donors (Lipinski definition) is 1. The number of β-amino-alcohol motifs (C(OH)–C–C–N with tert-alkyl or cyclic N) is 1. The lowest BCUT2D eigenvalue weighted by atomic mass is 9.64. The van der Waals surface area contributed by atoms with E-state index in [1.54, 1.807) is 0 Å². The maximum absolute atomic E-state index is 11.3. The summed E-state index contributed by atoms with van der Waals surface area (Å²) in [6.07, 6.45) is 8.17. The maximum Gasteiger partial charge on any atom is 0.0822 e. The summed E-state index contributed by atoms with van der Waals surface area (Å²) >= 11 is 0. The van der Waals surface area contributed by atoms with Gasteiger partial charge < -0.3 is 14.9 Å². The molecule has 0 bridgehead atoms. The summed E-state index contributed by atoms with van der Waals surface area (Å²) in [4.78, 5) is 5.04. The fourth-order valence-electron chi connectivity index (χ4n) is 5.34. The lowest BCUT2D eigenvalue weighted by Gasteiger charge is -2.49. The van der Waals surface area contributed by atoms with Gasteiger partial charge in [0, 0.05) is 24.8 Å². The molecule has 3 nitrogen and oxygen atoms in total. The Kier molecular flexibility index (Phi) is 4.57. The fourth-order valence-corrected chi connectivity index (χ4v) is 5.34. The Morgan fingerprint density at radius 1 is 0.960 bits per heavy atom. The Labute approximate surface area is 153 Å². The molecule has 25 heavy (non-hydrogen) atoms. The van der Waals surface area contributed by atoms with Crippen LogP contribution in [0.5, 0.6) is 0 Å². The molecule has 4 rings (SSSR count). The molecule has 2 fully saturated rings. The van der Waals surface area contributed by atoms with Crippen LogP contribution >= 0.6 is 0 Å². The number of piperidine rings is 1. The summed E-state index contributed by atoms with van der Waals surface area (Å²) in [5, 5.41) is 11.3. The Balaban J connectivity index is 1.35. The summed E-state index contributed by atoms with van der Waals surface area (Å²) in [6, 6.07) is 9.38. The van der Waals surface area contributed by atoms with Gasteiger partial charge in [-0.15, -0.1) is 0 Å². The van der Waals surface area contributed by atoms with Crippen LogP contribution < -0.4 is 4.90 Å². The van der Waals surface area contributed by atoms with Crippen molar-refractivity contribution >= 4 is 5.69 Å². The molecule has 1 saturated heterocycles. The number of benzene rings is 1. The van der Waals surface area contributed by atoms with Crippen molar-refractivity contribution in [2.45, 2.75) is 70.4 Å². The van der Waals surface area contributed by atoms with Crippen molar-refractivity contribution < 1.29 is 5.11 Å². The second-order valence-electron chi connectivity index (χ2n) is 9.15. The molecule has 0 aromatic heterocycles. The minimum absolute atomic E-state index is 0.488. The van der Waals surface area contributed by atoms with Crippen LogP contribution in [0.1, 0.15) is 57.9 Å². The summed E-state index contributed by atoms with van der Waals surface area (Å²) in [5.41, 5.74) is 2.82. The molecule has 3 heteroatoms. The molecule has 1 aliphatic carbocycles. The second-order valence-corrected chi connectivity index (χ2v) is 9.15. The molecular weight excluding hydrogens is 308 g/mol. The first kappa shape index (κ1) is 17.4. The Morgan fingerprint density at radius 3 is 2.32 bits per heavy atom. The van der Waals surface area contributed by atoms with E-state index in [2.05, 4.69) is 47.9 Å². The number of rotatable bonds is 3. The molecule has 0 radical (unpaired) electrons. The van der Waals surface area contributed by atoms with E-state index in [-0.39, 0.29) is 0 Å². The monoisotopic (exact) mass is 342 g/mol. The van der Waals surface area contributed by atoms with Crippen molar-refractivity contribution in [2.24, 2.45) is 5.41 Å². The standard InChI is InChI=1S/C22H34N2O/c1-18(2)23-15-12-21(13-16-23)8-10-22(25,11-9-21)17-24-14-7-19-5-3-4-6-20(19)24/h3-6,18,25H,7-17H2,1-2H3. The molecule has 1 spiro atoms. The van der Waals surface area contributed by atoms with Crippen molar-refractivity contribution in [3.63, 3.8) is 0 Å².